The van der Waals surface area contributed by atoms with Crippen LogP contribution in [0.1, 0.15) is 12.0 Å². The number of carbonyl (C=O) groups is 3. The van der Waals surface area contributed by atoms with Crippen molar-refractivity contribution < 1.29 is 18.8 Å². The summed E-state index contributed by atoms with van der Waals surface area (Å²) in [6.45, 7) is 0.929. The SMILES string of the molecule is N#CC1=CC2C=C(C(=O)N[C@@H](Cc3ccc(F)cc3)C(=O)N3CCNC(=O)CC3)NC2C=N1. The smallest absolute Gasteiger partial charge is 0.267 e. The molecule has 10 heteroatoms. The number of aliphatic imine (C=N–C) groups is 1. The second-order valence-corrected chi connectivity index (χ2v) is 8.05. The standard InChI is InChI=1S/C23H23FN6O3/c24-16-3-1-14(2-4-16)9-19(23(33)30-7-5-21(31)26-6-8-30)29-22(32)18-11-15-10-17(12-25)27-13-20(15)28-18/h1-4,10-11,13,15,19-20,28H,5-9H2,(H,26,31)(H,29,32)/t15?,19-,20?/m0/s1. The number of hydrogen-bond donors (Lipinski definition) is 3. The zero-order chi connectivity index (χ0) is 23.4. The van der Waals surface area contributed by atoms with Gasteiger partial charge in [0, 0.05) is 44.6 Å². The highest BCUT2D eigenvalue weighted by molar-refractivity contribution is 5.98. The van der Waals surface area contributed by atoms with Crippen molar-refractivity contribution in [1.82, 2.24) is 20.9 Å². The Labute approximate surface area is 190 Å². The number of nitrogens with zero attached hydrogens (tertiary/aromatic N) is 3. The van der Waals surface area contributed by atoms with Crippen LogP contribution >= 0.6 is 0 Å². The predicted octanol–water partition coefficient (Wildman–Crippen LogP) is 0.165. The summed E-state index contributed by atoms with van der Waals surface area (Å²) in [4.78, 5) is 43.6. The minimum Gasteiger partial charge on any atom is -0.372 e. The first kappa shape index (κ1) is 22.2. The highest BCUT2D eigenvalue weighted by atomic mass is 19.1. The van der Waals surface area contributed by atoms with E-state index < -0.39 is 17.8 Å². The van der Waals surface area contributed by atoms with Gasteiger partial charge in [0.1, 0.15) is 23.6 Å². The van der Waals surface area contributed by atoms with Gasteiger partial charge in [-0.2, -0.15) is 5.26 Å². The molecule has 3 heterocycles. The van der Waals surface area contributed by atoms with Gasteiger partial charge in [-0.3, -0.25) is 14.4 Å². The van der Waals surface area contributed by atoms with Crippen molar-refractivity contribution >= 4 is 23.9 Å². The highest BCUT2D eigenvalue weighted by Gasteiger charge is 2.33. The quantitative estimate of drug-likeness (QED) is 0.589. The second-order valence-electron chi connectivity index (χ2n) is 8.05. The first-order chi connectivity index (χ1) is 15.9. The van der Waals surface area contributed by atoms with Crippen LogP contribution in [0, 0.1) is 23.1 Å². The Morgan fingerprint density at radius 1 is 1.27 bits per heavy atom. The number of amides is 3. The molecule has 1 saturated heterocycles. The number of carbonyl (C=O) groups excluding carboxylic acids is 3. The number of nitriles is 1. The molecule has 170 valence electrons. The van der Waals surface area contributed by atoms with Crippen molar-refractivity contribution in [3.63, 3.8) is 0 Å². The van der Waals surface area contributed by atoms with Crippen LogP contribution in [0.25, 0.3) is 0 Å². The van der Waals surface area contributed by atoms with Crippen molar-refractivity contribution in [2.75, 3.05) is 19.6 Å². The van der Waals surface area contributed by atoms with Gasteiger partial charge in [-0.15, -0.1) is 0 Å². The van der Waals surface area contributed by atoms with E-state index in [2.05, 4.69) is 20.9 Å². The molecule has 1 fully saturated rings. The van der Waals surface area contributed by atoms with Crippen LogP contribution in [0.15, 0.2) is 52.8 Å². The first-order valence-electron chi connectivity index (χ1n) is 10.7. The molecule has 3 atom stereocenters. The van der Waals surface area contributed by atoms with Gasteiger partial charge in [-0.05, 0) is 29.8 Å². The Morgan fingerprint density at radius 3 is 2.82 bits per heavy atom. The van der Waals surface area contributed by atoms with Crippen molar-refractivity contribution in [1.29, 1.82) is 5.26 Å². The molecule has 3 amide bonds. The van der Waals surface area contributed by atoms with Crippen molar-refractivity contribution in [3.8, 4) is 6.07 Å². The average molecular weight is 450 g/mol. The fraction of sp³-hybridized carbons (Fsp3) is 0.348. The van der Waals surface area contributed by atoms with Crippen molar-refractivity contribution in [3.05, 3.63) is 59.2 Å². The Hall–Kier alpha value is -4.00. The minimum absolute atomic E-state index is 0.126. The van der Waals surface area contributed by atoms with E-state index in [4.69, 9.17) is 5.26 Å². The van der Waals surface area contributed by atoms with Gasteiger partial charge in [0.2, 0.25) is 11.8 Å². The number of allylic oxidation sites excluding steroid dienone is 1. The molecule has 0 radical (unpaired) electrons. The van der Waals surface area contributed by atoms with Crippen LogP contribution in [0.2, 0.25) is 0 Å². The van der Waals surface area contributed by atoms with Crippen molar-refractivity contribution in [2.45, 2.75) is 24.9 Å². The van der Waals surface area contributed by atoms with E-state index in [9.17, 15) is 18.8 Å². The maximum absolute atomic E-state index is 13.3. The van der Waals surface area contributed by atoms with Gasteiger partial charge in [0.05, 0.1) is 11.7 Å². The van der Waals surface area contributed by atoms with Crippen molar-refractivity contribution in [2.24, 2.45) is 10.9 Å². The lowest BCUT2D eigenvalue weighted by Gasteiger charge is -2.27. The molecule has 2 unspecified atom stereocenters. The Balaban J connectivity index is 1.51. The summed E-state index contributed by atoms with van der Waals surface area (Å²) in [6.07, 6.45) is 5.33. The molecule has 0 aromatic heterocycles. The molecule has 33 heavy (non-hydrogen) atoms. The molecular formula is C23H23FN6O3. The van der Waals surface area contributed by atoms with Gasteiger partial charge in [-0.1, -0.05) is 12.1 Å². The zero-order valence-electron chi connectivity index (χ0n) is 17.8. The normalized spacial score (nSPS) is 22.5. The van der Waals surface area contributed by atoms with Crippen LogP contribution in [-0.2, 0) is 20.8 Å². The number of benzene rings is 1. The molecule has 0 saturated carbocycles. The van der Waals surface area contributed by atoms with Gasteiger partial charge >= 0.3 is 0 Å². The van der Waals surface area contributed by atoms with E-state index in [1.807, 2.05) is 6.07 Å². The largest absolute Gasteiger partial charge is 0.372 e. The lowest BCUT2D eigenvalue weighted by atomic mass is 10.00. The van der Waals surface area contributed by atoms with Crippen LogP contribution in [0.4, 0.5) is 4.39 Å². The molecule has 4 rings (SSSR count). The number of hydrogen-bond acceptors (Lipinski definition) is 6. The molecule has 1 aromatic rings. The van der Waals surface area contributed by atoms with Gasteiger partial charge in [0.25, 0.3) is 5.91 Å². The zero-order valence-corrected chi connectivity index (χ0v) is 17.8. The summed E-state index contributed by atoms with van der Waals surface area (Å²) >= 11 is 0. The highest BCUT2D eigenvalue weighted by Crippen LogP contribution is 2.23. The van der Waals surface area contributed by atoms with Crippen LogP contribution < -0.4 is 16.0 Å². The molecule has 1 aromatic carbocycles. The summed E-state index contributed by atoms with van der Waals surface area (Å²) in [5.41, 5.74) is 1.26. The maximum atomic E-state index is 13.3. The summed E-state index contributed by atoms with van der Waals surface area (Å²) in [5.74, 6) is -1.48. The second kappa shape index (κ2) is 9.65. The van der Waals surface area contributed by atoms with Gasteiger partial charge in [0.15, 0.2) is 0 Å². The van der Waals surface area contributed by atoms with Crippen LogP contribution in [-0.4, -0.2) is 60.6 Å². The topological polar surface area (TPSA) is 127 Å². The Bertz CT molecular complexity index is 1090. The first-order valence-corrected chi connectivity index (χ1v) is 10.7. The fourth-order valence-corrected chi connectivity index (χ4v) is 4.00. The van der Waals surface area contributed by atoms with E-state index in [1.165, 1.54) is 12.1 Å². The van der Waals surface area contributed by atoms with E-state index >= 15 is 0 Å². The van der Waals surface area contributed by atoms with E-state index in [0.717, 1.165) is 0 Å². The minimum atomic E-state index is -0.902. The fourth-order valence-electron chi connectivity index (χ4n) is 4.00. The molecule has 9 nitrogen and oxygen atoms in total. The summed E-state index contributed by atoms with van der Waals surface area (Å²) in [6, 6.07) is 6.59. The molecule has 3 aliphatic heterocycles. The number of halogens is 1. The van der Waals surface area contributed by atoms with E-state index in [-0.39, 0.29) is 54.6 Å². The summed E-state index contributed by atoms with van der Waals surface area (Å²) in [7, 11) is 0. The molecule has 0 bridgehead atoms. The average Bonchev–Trinajstić information content (AvgIpc) is 3.13. The molecule has 0 aliphatic carbocycles. The van der Waals surface area contributed by atoms with Gasteiger partial charge in [-0.25, -0.2) is 9.38 Å². The molecule has 3 aliphatic rings. The third kappa shape index (κ3) is 5.26. The third-order valence-corrected chi connectivity index (χ3v) is 5.76. The number of nitrogens with one attached hydrogen (secondary N) is 3. The summed E-state index contributed by atoms with van der Waals surface area (Å²) < 4.78 is 13.3. The third-order valence-electron chi connectivity index (χ3n) is 5.76. The monoisotopic (exact) mass is 450 g/mol. The number of rotatable bonds is 5. The van der Waals surface area contributed by atoms with E-state index in [0.29, 0.717) is 18.7 Å². The Kier molecular flexibility index (Phi) is 6.49. The van der Waals surface area contributed by atoms with Gasteiger partial charge < -0.3 is 20.9 Å². The molecule has 0 spiro atoms. The van der Waals surface area contributed by atoms with E-state index in [1.54, 1.807) is 35.4 Å². The predicted molar refractivity (Wildman–Crippen MR) is 117 cm³/mol. The number of fused-ring (bicyclic) bond motifs is 1. The summed E-state index contributed by atoms with van der Waals surface area (Å²) in [5, 5.41) is 17.6. The molecule has 3 N–H and O–H groups in total. The maximum Gasteiger partial charge on any atom is 0.267 e. The van der Waals surface area contributed by atoms with Crippen LogP contribution in [0.5, 0.6) is 0 Å². The van der Waals surface area contributed by atoms with Crippen LogP contribution in [0.3, 0.4) is 0 Å². The lowest BCUT2D eigenvalue weighted by molar-refractivity contribution is -0.135. The molecular weight excluding hydrogens is 427 g/mol. The lowest BCUT2D eigenvalue weighted by Crippen LogP contribution is -2.51. The Morgan fingerprint density at radius 2 is 2.06 bits per heavy atom.